The van der Waals surface area contributed by atoms with Crippen molar-refractivity contribution in [1.29, 1.82) is 0 Å². The molecule has 0 saturated carbocycles. The topological polar surface area (TPSA) is 64.9 Å². The van der Waals surface area contributed by atoms with Crippen LogP contribution in [0.4, 0.5) is 0 Å². The van der Waals surface area contributed by atoms with Gasteiger partial charge in [-0.1, -0.05) is 58.4 Å². The van der Waals surface area contributed by atoms with Crippen LogP contribution in [-0.2, 0) is 11.3 Å². The Morgan fingerprint density at radius 1 is 1.10 bits per heavy atom. The number of phenols is 1. The Kier molecular flexibility index (Phi) is 6.45. The largest absolute Gasteiger partial charge is 0.507 e. The lowest BCUT2D eigenvalue weighted by Crippen LogP contribution is -2.39. The van der Waals surface area contributed by atoms with Crippen molar-refractivity contribution in [3.63, 3.8) is 0 Å². The number of benzene rings is 3. The number of amides is 1. The minimum absolute atomic E-state index is 0.0376. The molecule has 5 nitrogen and oxygen atoms in total. The molecule has 3 aromatic rings. The van der Waals surface area contributed by atoms with Gasteiger partial charge in [-0.2, -0.15) is 5.10 Å². The highest BCUT2D eigenvalue weighted by atomic mass is 79.9. The molecule has 0 unspecified atom stereocenters. The van der Waals surface area contributed by atoms with Crippen LogP contribution in [0.25, 0.3) is 10.8 Å². The number of halogens is 1. The van der Waals surface area contributed by atoms with E-state index in [1.807, 2.05) is 30.3 Å². The highest BCUT2D eigenvalue weighted by Crippen LogP contribution is 2.25. The summed E-state index contributed by atoms with van der Waals surface area (Å²) in [5.41, 5.74) is 4.55. The lowest BCUT2D eigenvalue weighted by molar-refractivity contribution is -0.126. The molecule has 0 atom stereocenters. The third-order valence-electron chi connectivity index (χ3n) is 5.59. The van der Waals surface area contributed by atoms with Gasteiger partial charge in [0.05, 0.1) is 6.21 Å². The molecular weight excluding hydrogens is 442 g/mol. The van der Waals surface area contributed by atoms with E-state index in [2.05, 4.69) is 55.6 Å². The van der Waals surface area contributed by atoms with Crippen LogP contribution >= 0.6 is 15.9 Å². The maximum absolute atomic E-state index is 12.5. The minimum atomic E-state index is -0.0609. The number of hydrogen-bond acceptors (Lipinski definition) is 4. The summed E-state index contributed by atoms with van der Waals surface area (Å²) in [6, 6.07) is 19.6. The van der Waals surface area contributed by atoms with Gasteiger partial charge in [0.25, 0.3) is 0 Å². The number of hydrogen-bond donors (Lipinski definition) is 2. The molecule has 4 rings (SSSR count). The molecule has 154 valence electrons. The van der Waals surface area contributed by atoms with Gasteiger partial charge < -0.3 is 5.11 Å². The predicted molar refractivity (Wildman–Crippen MR) is 123 cm³/mol. The van der Waals surface area contributed by atoms with E-state index < -0.39 is 0 Å². The van der Waals surface area contributed by atoms with Gasteiger partial charge in [0.2, 0.25) is 5.91 Å². The molecule has 6 heteroatoms. The Labute approximate surface area is 184 Å². The maximum atomic E-state index is 12.5. The Hall–Kier alpha value is -2.70. The highest BCUT2D eigenvalue weighted by Gasteiger charge is 2.24. The lowest BCUT2D eigenvalue weighted by atomic mass is 9.96. The predicted octanol–water partition coefficient (Wildman–Crippen LogP) is 4.67. The number of aromatic hydroxyl groups is 1. The lowest BCUT2D eigenvalue weighted by Gasteiger charge is -2.30. The second kappa shape index (κ2) is 9.41. The van der Waals surface area contributed by atoms with E-state index in [1.54, 1.807) is 6.07 Å². The number of phenolic OH excluding ortho intramolecular Hbond substituents is 1. The van der Waals surface area contributed by atoms with E-state index in [1.165, 1.54) is 11.8 Å². The number of fused-ring (bicyclic) bond motifs is 1. The van der Waals surface area contributed by atoms with Crippen LogP contribution < -0.4 is 5.43 Å². The number of nitrogens with zero attached hydrogens (tertiary/aromatic N) is 2. The molecule has 0 aromatic heterocycles. The van der Waals surface area contributed by atoms with Crippen molar-refractivity contribution in [3.8, 4) is 5.75 Å². The van der Waals surface area contributed by atoms with Gasteiger partial charge in [-0.15, -0.1) is 0 Å². The van der Waals surface area contributed by atoms with Gasteiger partial charge in [0.1, 0.15) is 5.75 Å². The number of hydrazone groups is 1. The summed E-state index contributed by atoms with van der Waals surface area (Å²) >= 11 is 3.46. The molecule has 0 radical (unpaired) electrons. The maximum Gasteiger partial charge on any atom is 0.243 e. The minimum Gasteiger partial charge on any atom is -0.507 e. The van der Waals surface area contributed by atoms with E-state index in [4.69, 9.17) is 0 Å². The third-order valence-corrected chi connectivity index (χ3v) is 6.12. The zero-order chi connectivity index (χ0) is 20.9. The van der Waals surface area contributed by atoms with Crippen molar-refractivity contribution in [2.45, 2.75) is 19.4 Å². The molecule has 1 saturated heterocycles. The molecule has 1 aliphatic rings. The zero-order valence-electron chi connectivity index (χ0n) is 16.6. The van der Waals surface area contributed by atoms with Gasteiger partial charge in [-0.3, -0.25) is 9.69 Å². The van der Waals surface area contributed by atoms with Crippen LogP contribution in [0, 0.1) is 5.92 Å². The Bertz CT molecular complexity index is 1060. The van der Waals surface area contributed by atoms with Crippen LogP contribution in [0.3, 0.4) is 0 Å². The van der Waals surface area contributed by atoms with Crippen LogP contribution in [0.1, 0.15) is 24.0 Å². The van der Waals surface area contributed by atoms with Gasteiger partial charge in [0.15, 0.2) is 0 Å². The van der Waals surface area contributed by atoms with E-state index in [-0.39, 0.29) is 17.6 Å². The number of piperidine rings is 1. The average Bonchev–Trinajstić information content (AvgIpc) is 2.77. The molecule has 1 amide bonds. The van der Waals surface area contributed by atoms with Crippen molar-refractivity contribution in [2.75, 3.05) is 13.1 Å². The third kappa shape index (κ3) is 4.89. The number of carbonyl (C=O) groups is 1. The molecule has 1 heterocycles. The van der Waals surface area contributed by atoms with E-state index in [0.29, 0.717) is 5.56 Å². The standard InChI is InChI=1S/C24H24BrN3O2/c25-20-8-5-17(6-9-20)16-28-13-11-19(12-14-28)24(30)27-26-15-22-21-4-2-1-3-18(21)7-10-23(22)29/h1-10,15,19,29H,11-14,16H2,(H,27,30). The number of rotatable bonds is 5. The number of carbonyl (C=O) groups excluding carboxylic acids is 1. The Morgan fingerprint density at radius 2 is 1.83 bits per heavy atom. The van der Waals surface area contributed by atoms with Crippen molar-refractivity contribution in [1.82, 2.24) is 10.3 Å². The first-order valence-electron chi connectivity index (χ1n) is 10.1. The molecule has 30 heavy (non-hydrogen) atoms. The Morgan fingerprint density at radius 3 is 2.60 bits per heavy atom. The molecular formula is C24H24BrN3O2. The second-order valence-corrected chi connectivity index (χ2v) is 8.55. The van der Waals surface area contributed by atoms with E-state index in [9.17, 15) is 9.90 Å². The summed E-state index contributed by atoms with van der Waals surface area (Å²) in [5.74, 6) is 0.0478. The molecule has 0 aliphatic carbocycles. The number of nitrogens with one attached hydrogen (secondary N) is 1. The highest BCUT2D eigenvalue weighted by molar-refractivity contribution is 9.10. The van der Waals surface area contributed by atoms with Crippen LogP contribution in [-0.4, -0.2) is 35.2 Å². The summed E-state index contributed by atoms with van der Waals surface area (Å²) in [6.45, 7) is 2.68. The first kappa shape index (κ1) is 20.6. The van der Waals surface area contributed by atoms with Gasteiger partial charge in [-0.05, 0) is 60.5 Å². The van der Waals surface area contributed by atoms with Crippen LogP contribution in [0.5, 0.6) is 5.75 Å². The summed E-state index contributed by atoms with van der Waals surface area (Å²) < 4.78 is 1.08. The monoisotopic (exact) mass is 465 g/mol. The zero-order valence-corrected chi connectivity index (χ0v) is 18.2. The molecule has 3 aromatic carbocycles. The Balaban J connectivity index is 1.31. The molecule has 1 fully saturated rings. The SMILES string of the molecule is O=C(NN=Cc1c(O)ccc2ccccc12)C1CCN(Cc2ccc(Br)cc2)CC1. The fraction of sp³-hybridized carbons (Fsp3) is 0.250. The van der Waals surface area contributed by atoms with Crippen molar-refractivity contribution in [3.05, 3.63) is 76.3 Å². The summed E-state index contributed by atoms with van der Waals surface area (Å²) in [6.07, 6.45) is 3.16. The summed E-state index contributed by atoms with van der Waals surface area (Å²) in [5, 5.41) is 16.2. The number of likely N-dealkylation sites (tertiary alicyclic amines) is 1. The fourth-order valence-electron chi connectivity index (χ4n) is 3.87. The first-order chi connectivity index (χ1) is 14.6. The fourth-order valence-corrected chi connectivity index (χ4v) is 4.14. The van der Waals surface area contributed by atoms with Crippen molar-refractivity contribution < 1.29 is 9.90 Å². The van der Waals surface area contributed by atoms with Crippen molar-refractivity contribution in [2.24, 2.45) is 11.0 Å². The van der Waals surface area contributed by atoms with Crippen LogP contribution in [0.2, 0.25) is 0 Å². The van der Waals surface area contributed by atoms with Crippen LogP contribution in [0.15, 0.2) is 70.2 Å². The normalized spacial score (nSPS) is 15.6. The van der Waals surface area contributed by atoms with Gasteiger partial charge >= 0.3 is 0 Å². The summed E-state index contributed by atoms with van der Waals surface area (Å²) in [7, 11) is 0. The molecule has 0 bridgehead atoms. The van der Waals surface area contributed by atoms with Crippen molar-refractivity contribution >= 4 is 38.8 Å². The molecule has 0 spiro atoms. The molecule has 2 N–H and O–H groups in total. The summed E-state index contributed by atoms with van der Waals surface area (Å²) in [4.78, 5) is 14.9. The second-order valence-electron chi connectivity index (χ2n) is 7.63. The van der Waals surface area contributed by atoms with E-state index in [0.717, 1.165) is 47.7 Å². The quantitative estimate of drug-likeness (QED) is 0.424. The van der Waals surface area contributed by atoms with E-state index >= 15 is 0 Å². The molecule has 1 aliphatic heterocycles. The van der Waals surface area contributed by atoms with Gasteiger partial charge in [-0.25, -0.2) is 5.43 Å². The first-order valence-corrected chi connectivity index (χ1v) is 10.9. The smallest absolute Gasteiger partial charge is 0.243 e. The average molecular weight is 466 g/mol. The van der Waals surface area contributed by atoms with Gasteiger partial charge in [0, 0.05) is 22.5 Å².